The van der Waals surface area contributed by atoms with Gasteiger partial charge in [-0.25, -0.2) is 9.97 Å². The third kappa shape index (κ3) is 4.21. The predicted octanol–water partition coefficient (Wildman–Crippen LogP) is 10.7. The number of pyridine rings is 1. The van der Waals surface area contributed by atoms with Crippen LogP contribution in [0.4, 0.5) is 0 Å². The normalized spacial score (nSPS) is 13.7. The van der Waals surface area contributed by atoms with Crippen molar-refractivity contribution in [3.63, 3.8) is 0 Å². The maximum absolute atomic E-state index is 8.38. The van der Waals surface area contributed by atoms with Crippen LogP contribution in [0.15, 0.2) is 144 Å². The molecule has 12 rings (SSSR count). The number of para-hydroxylation sites is 6. The number of imidazole rings is 3. The zero-order chi connectivity index (χ0) is 39.9. The maximum atomic E-state index is 8.38. The molecule has 56 heavy (non-hydrogen) atoms. The molecular weight excluding hydrogens is 691 g/mol. The molecule has 0 atom stereocenters. The fourth-order valence-corrected chi connectivity index (χ4v) is 8.69. The van der Waals surface area contributed by atoms with Crippen LogP contribution in [-0.2, 0) is 12.4 Å². The molecule has 6 heterocycles. The average Bonchev–Trinajstić information content (AvgIpc) is 4.03. The van der Waals surface area contributed by atoms with Gasteiger partial charge in [0, 0.05) is 27.7 Å². The number of benzene rings is 6. The van der Waals surface area contributed by atoms with Gasteiger partial charge in [-0.15, -0.1) is 0 Å². The van der Waals surface area contributed by atoms with E-state index in [1.54, 1.807) is 0 Å². The Labute approximate surface area is 324 Å². The van der Waals surface area contributed by atoms with Crippen LogP contribution in [0.2, 0.25) is 0 Å². The minimum Gasteiger partial charge on any atom is -0.454 e. The van der Waals surface area contributed by atoms with Gasteiger partial charge in [-0.2, -0.15) is 0 Å². The van der Waals surface area contributed by atoms with Crippen molar-refractivity contribution in [1.82, 2.24) is 28.1 Å². The van der Waals surface area contributed by atoms with Crippen molar-refractivity contribution in [3.8, 4) is 17.2 Å². The van der Waals surface area contributed by atoms with Gasteiger partial charge in [0.05, 0.1) is 66.6 Å². The summed E-state index contributed by atoms with van der Waals surface area (Å²) in [5, 5.41) is 4.04. The van der Waals surface area contributed by atoms with E-state index < -0.39 is 6.98 Å². The lowest BCUT2D eigenvalue weighted by Gasteiger charge is -2.20. The molecule has 6 aromatic carbocycles. The molecule has 0 amide bonds. The molecule has 0 unspecified atom stereocenters. The molecule has 0 saturated carbocycles. The van der Waals surface area contributed by atoms with Gasteiger partial charge in [0.15, 0.2) is 5.58 Å². The van der Waals surface area contributed by atoms with Crippen LogP contribution in [0.1, 0.15) is 30.4 Å². The first-order valence-electron chi connectivity index (χ1n) is 20.3. The molecule has 0 spiro atoms. The van der Waals surface area contributed by atoms with E-state index in [1.807, 2.05) is 71.4 Å². The van der Waals surface area contributed by atoms with Crippen LogP contribution >= 0.6 is 0 Å². The standard InChI is InChI=1S/C48H35N7O/c1-48(2,3)29-21-22-49-45(23-29)53-36-16-8-5-13-31(36)33-26-41-42(27-40(33)53)55(47-50-35-15-7-9-17-37(35)54(41)47)43-25-30(52-28-51(4)38-18-10-11-19-39(38)52)24-34-32-14-6-12-20-44(32)56-46(34)43/h5-27H,1-4H3/i4D3. The quantitative estimate of drug-likeness (QED) is 0.134. The van der Waals surface area contributed by atoms with Gasteiger partial charge in [0.1, 0.15) is 11.4 Å². The number of hydrogen-bond acceptors (Lipinski definition) is 3. The molecule has 12 aromatic rings. The van der Waals surface area contributed by atoms with E-state index in [0.29, 0.717) is 16.6 Å². The van der Waals surface area contributed by atoms with Gasteiger partial charge >= 0.3 is 0 Å². The topological polar surface area (TPSA) is 62.0 Å². The summed E-state index contributed by atoms with van der Waals surface area (Å²) in [5.41, 5.74) is 11.1. The van der Waals surface area contributed by atoms with Crippen molar-refractivity contribution in [2.75, 3.05) is 0 Å². The first kappa shape index (κ1) is 28.3. The van der Waals surface area contributed by atoms with Crippen LogP contribution in [-0.4, -0.2) is 28.1 Å². The molecular formula is C48H35N7O. The van der Waals surface area contributed by atoms with Crippen molar-refractivity contribution in [1.29, 1.82) is 0 Å². The molecule has 6 aromatic heterocycles. The summed E-state index contributed by atoms with van der Waals surface area (Å²) < 4.78 is 41.7. The second-order valence-electron chi connectivity index (χ2n) is 15.6. The minimum atomic E-state index is -2.44. The molecule has 0 aliphatic rings. The molecule has 0 fully saturated rings. The van der Waals surface area contributed by atoms with Gasteiger partial charge in [-0.05, 0) is 71.6 Å². The van der Waals surface area contributed by atoms with Crippen molar-refractivity contribution in [2.45, 2.75) is 26.2 Å². The van der Waals surface area contributed by atoms with E-state index in [0.717, 1.165) is 83.2 Å². The fraction of sp³-hybridized carbons (Fsp3) is 0.104. The van der Waals surface area contributed by atoms with E-state index in [9.17, 15) is 0 Å². The zero-order valence-corrected chi connectivity index (χ0v) is 30.8. The monoisotopic (exact) mass is 728 g/mol. The Morgan fingerprint density at radius 3 is 2.29 bits per heavy atom. The lowest BCUT2D eigenvalue weighted by atomic mass is 9.88. The molecule has 0 N–H and O–H groups in total. The van der Waals surface area contributed by atoms with E-state index >= 15 is 0 Å². The molecule has 0 bridgehead atoms. The molecule has 8 nitrogen and oxygen atoms in total. The number of aromatic nitrogens is 7. The largest absolute Gasteiger partial charge is 0.454 e. The summed E-state index contributed by atoms with van der Waals surface area (Å²) in [7, 11) is 0. The van der Waals surface area contributed by atoms with Crippen molar-refractivity contribution in [2.24, 2.45) is 6.98 Å². The summed E-state index contributed by atoms with van der Waals surface area (Å²) >= 11 is 0. The average molecular weight is 729 g/mol. The van der Waals surface area contributed by atoms with Gasteiger partial charge in [0.2, 0.25) is 12.1 Å². The highest BCUT2D eigenvalue weighted by molar-refractivity contribution is 6.15. The highest BCUT2D eigenvalue weighted by Crippen LogP contribution is 2.41. The van der Waals surface area contributed by atoms with Gasteiger partial charge in [0.25, 0.3) is 0 Å². The van der Waals surface area contributed by atoms with Crippen LogP contribution < -0.4 is 4.57 Å². The Kier molecular flexibility index (Phi) is 5.53. The van der Waals surface area contributed by atoms with Gasteiger partial charge in [-0.1, -0.05) is 93.6 Å². The van der Waals surface area contributed by atoms with Gasteiger partial charge in [-0.3, -0.25) is 13.5 Å². The van der Waals surface area contributed by atoms with E-state index in [4.69, 9.17) is 18.5 Å². The maximum Gasteiger partial charge on any atom is 0.244 e. The summed E-state index contributed by atoms with van der Waals surface area (Å²) in [4.78, 5) is 10.3. The Hall–Kier alpha value is -7.19. The number of furan rings is 1. The number of rotatable bonds is 3. The van der Waals surface area contributed by atoms with Crippen molar-refractivity contribution in [3.05, 3.63) is 152 Å². The molecule has 268 valence electrons. The second kappa shape index (κ2) is 11.0. The number of nitrogens with zero attached hydrogens (tertiary/aromatic N) is 7. The molecule has 0 radical (unpaired) electrons. The highest BCUT2D eigenvalue weighted by Gasteiger charge is 2.25. The third-order valence-electron chi connectivity index (χ3n) is 11.3. The first-order chi connectivity index (χ1) is 28.5. The smallest absolute Gasteiger partial charge is 0.244 e. The van der Waals surface area contributed by atoms with Crippen LogP contribution in [0.25, 0.3) is 99.8 Å². The number of aryl methyl sites for hydroxylation is 1. The Bertz CT molecular complexity index is 3720. The van der Waals surface area contributed by atoms with Gasteiger partial charge < -0.3 is 13.6 Å². The van der Waals surface area contributed by atoms with Crippen LogP contribution in [0.3, 0.4) is 0 Å². The van der Waals surface area contributed by atoms with Crippen molar-refractivity contribution >= 4 is 82.6 Å². The summed E-state index contributed by atoms with van der Waals surface area (Å²) in [6.45, 7) is 4.22. The van der Waals surface area contributed by atoms with E-state index in [2.05, 4.69) is 113 Å². The highest BCUT2D eigenvalue weighted by atomic mass is 16.3. The Balaban J connectivity index is 1.25. The SMILES string of the molecule is [2H]C([2H])([2H])[n+]1[c-]n(-c2cc(-n3c4cc5c(cc4n4c6ccccc6nc34)c3ccccc3n5-c3cc(C(C)(C)C)ccn3)c3oc4ccccc4c3c2)c2ccccc21. The predicted molar refractivity (Wildman–Crippen MR) is 224 cm³/mol. The van der Waals surface area contributed by atoms with E-state index in [1.165, 1.54) is 10.1 Å². The third-order valence-corrected chi connectivity index (χ3v) is 11.3. The van der Waals surface area contributed by atoms with Crippen LogP contribution in [0, 0.1) is 6.33 Å². The molecule has 8 heteroatoms. The molecule has 0 aliphatic carbocycles. The molecule has 0 saturated heterocycles. The fourth-order valence-electron chi connectivity index (χ4n) is 8.69. The minimum absolute atomic E-state index is 0.0705. The number of hydrogen-bond donors (Lipinski definition) is 0. The van der Waals surface area contributed by atoms with Crippen LogP contribution in [0.5, 0.6) is 0 Å². The molecule has 0 aliphatic heterocycles. The van der Waals surface area contributed by atoms with E-state index in [-0.39, 0.29) is 5.41 Å². The lowest BCUT2D eigenvalue weighted by Crippen LogP contribution is -2.26. The first-order valence-corrected chi connectivity index (χ1v) is 18.8. The summed E-state index contributed by atoms with van der Waals surface area (Å²) in [6.07, 6.45) is 5.10. The summed E-state index contributed by atoms with van der Waals surface area (Å²) in [5.74, 6) is 1.56. The second-order valence-corrected chi connectivity index (χ2v) is 15.6. The zero-order valence-electron chi connectivity index (χ0n) is 33.8. The Morgan fingerprint density at radius 1 is 0.661 bits per heavy atom. The number of fused-ring (bicyclic) bond motifs is 12. The Morgan fingerprint density at radius 2 is 1.43 bits per heavy atom. The van der Waals surface area contributed by atoms with Crippen molar-refractivity contribution < 1.29 is 13.1 Å². The summed E-state index contributed by atoms with van der Waals surface area (Å²) in [6, 6.07) is 45.2. The lowest BCUT2D eigenvalue weighted by molar-refractivity contribution is -0.649.